The molecule has 78 valence electrons. The van der Waals surface area contributed by atoms with E-state index < -0.39 is 0 Å². The van der Waals surface area contributed by atoms with Crippen molar-refractivity contribution in [2.75, 3.05) is 14.1 Å². The first kappa shape index (κ1) is 11.1. The van der Waals surface area contributed by atoms with Gasteiger partial charge < -0.3 is 5.11 Å². The summed E-state index contributed by atoms with van der Waals surface area (Å²) in [5.41, 5.74) is 0.440. The van der Waals surface area contributed by atoms with Crippen molar-refractivity contribution in [3.8, 4) is 0 Å². The van der Waals surface area contributed by atoms with Crippen LogP contribution in [0.25, 0.3) is 0 Å². The number of hydrogen-bond acceptors (Lipinski definition) is 4. The Morgan fingerprint density at radius 3 is 2.57 bits per heavy atom. The van der Waals surface area contributed by atoms with Crippen molar-refractivity contribution in [1.82, 2.24) is 14.9 Å². The minimum atomic E-state index is -0.217. The lowest BCUT2D eigenvalue weighted by Gasteiger charge is -2.30. The number of rotatable bonds is 3. The van der Waals surface area contributed by atoms with Crippen LogP contribution in [0.2, 0.25) is 0 Å². The third kappa shape index (κ3) is 2.08. The van der Waals surface area contributed by atoms with E-state index in [9.17, 15) is 0 Å². The number of aromatic nitrogens is 2. The Morgan fingerprint density at radius 2 is 2.07 bits per heavy atom. The van der Waals surface area contributed by atoms with Crippen molar-refractivity contribution in [3.63, 3.8) is 0 Å². The fraction of sp³-hybridized carbons (Fsp3) is 0.600. The van der Waals surface area contributed by atoms with Crippen LogP contribution in [-0.4, -0.2) is 34.1 Å². The molecule has 0 saturated heterocycles. The topological polar surface area (TPSA) is 49.2 Å². The highest BCUT2D eigenvalue weighted by Crippen LogP contribution is 2.21. The van der Waals surface area contributed by atoms with Gasteiger partial charge in [0.1, 0.15) is 5.82 Å². The second-order valence-corrected chi connectivity index (χ2v) is 3.98. The molecule has 0 aliphatic carbocycles. The van der Waals surface area contributed by atoms with Gasteiger partial charge in [-0.1, -0.05) is 0 Å². The van der Waals surface area contributed by atoms with Crippen molar-refractivity contribution in [1.29, 1.82) is 0 Å². The van der Waals surface area contributed by atoms with Gasteiger partial charge in [0.2, 0.25) is 0 Å². The van der Waals surface area contributed by atoms with Gasteiger partial charge in [0.25, 0.3) is 0 Å². The van der Waals surface area contributed by atoms with E-state index in [0.29, 0.717) is 5.69 Å². The van der Waals surface area contributed by atoms with Gasteiger partial charge in [-0.25, -0.2) is 9.97 Å². The number of aliphatic hydroxyl groups excluding tert-OH is 1. The highest BCUT2D eigenvalue weighted by molar-refractivity contribution is 5.07. The first-order valence-electron chi connectivity index (χ1n) is 4.59. The van der Waals surface area contributed by atoms with E-state index in [1.54, 1.807) is 12.3 Å². The van der Waals surface area contributed by atoms with Gasteiger partial charge in [-0.2, -0.15) is 0 Å². The number of hydrogen-bond donors (Lipinski definition) is 1. The van der Waals surface area contributed by atoms with Crippen molar-refractivity contribution >= 4 is 0 Å². The van der Waals surface area contributed by atoms with E-state index in [1.165, 1.54) is 0 Å². The van der Waals surface area contributed by atoms with Gasteiger partial charge in [0.05, 0.1) is 17.8 Å². The average molecular weight is 195 g/mol. The Labute approximate surface area is 84.6 Å². The summed E-state index contributed by atoms with van der Waals surface area (Å²) in [4.78, 5) is 10.5. The molecule has 0 bridgehead atoms. The Balaban J connectivity index is 3.06. The molecule has 0 aliphatic rings. The quantitative estimate of drug-likeness (QED) is 0.773. The molecule has 0 aromatic carbocycles. The van der Waals surface area contributed by atoms with Gasteiger partial charge in [-0.3, -0.25) is 4.90 Å². The van der Waals surface area contributed by atoms with Gasteiger partial charge in [-0.15, -0.1) is 0 Å². The molecule has 0 atom stereocenters. The molecule has 1 rings (SSSR count). The first-order valence-corrected chi connectivity index (χ1v) is 4.59. The summed E-state index contributed by atoms with van der Waals surface area (Å²) < 4.78 is 0. The fourth-order valence-corrected chi connectivity index (χ4v) is 0.979. The molecule has 14 heavy (non-hydrogen) atoms. The number of aliphatic hydroxyl groups is 1. The summed E-state index contributed by atoms with van der Waals surface area (Å²) in [5, 5.41) is 8.96. The van der Waals surface area contributed by atoms with Gasteiger partial charge >= 0.3 is 0 Å². The predicted molar refractivity (Wildman–Crippen MR) is 54.7 cm³/mol. The minimum absolute atomic E-state index is 0.0426. The SMILES string of the molecule is CN(C)C(C)(C)c1nccc(CO)n1. The maximum absolute atomic E-state index is 8.96. The largest absolute Gasteiger partial charge is 0.390 e. The second-order valence-electron chi connectivity index (χ2n) is 3.98. The Hall–Kier alpha value is -1.00. The zero-order chi connectivity index (χ0) is 10.8. The van der Waals surface area contributed by atoms with E-state index in [-0.39, 0.29) is 12.1 Å². The van der Waals surface area contributed by atoms with E-state index in [1.807, 2.05) is 32.8 Å². The third-order valence-electron chi connectivity index (χ3n) is 2.54. The fourth-order valence-electron chi connectivity index (χ4n) is 0.979. The van der Waals surface area contributed by atoms with Crippen LogP contribution in [0.5, 0.6) is 0 Å². The van der Waals surface area contributed by atoms with Crippen molar-refractivity contribution in [3.05, 3.63) is 23.8 Å². The molecule has 4 heteroatoms. The number of nitrogens with zero attached hydrogens (tertiary/aromatic N) is 3. The lowest BCUT2D eigenvalue weighted by Crippen LogP contribution is -2.37. The first-order chi connectivity index (χ1) is 6.48. The van der Waals surface area contributed by atoms with E-state index >= 15 is 0 Å². The van der Waals surface area contributed by atoms with Crippen LogP contribution in [0, 0.1) is 0 Å². The zero-order valence-corrected chi connectivity index (χ0v) is 9.15. The average Bonchev–Trinajstić information content (AvgIpc) is 2.17. The van der Waals surface area contributed by atoms with Crippen LogP contribution in [-0.2, 0) is 12.1 Å². The maximum Gasteiger partial charge on any atom is 0.148 e. The standard InChI is InChI=1S/C10H17N3O/c1-10(2,13(3)4)9-11-6-5-8(7-14)12-9/h5-6,14H,7H2,1-4H3. The molecule has 0 fully saturated rings. The Bertz CT molecular complexity index is 310. The molecule has 4 nitrogen and oxygen atoms in total. The van der Waals surface area contributed by atoms with Crippen LogP contribution < -0.4 is 0 Å². The maximum atomic E-state index is 8.96. The lowest BCUT2D eigenvalue weighted by molar-refractivity contribution is 0.183. The molecule has 0 spiro atoms. The monoisotopic (exact) mass is 195 g/mol. The van der Waals surface area contributed by atoms with Gasteiger partial charge in [0, 0.05) is 6.20 Å². The predicted octanol–water partition coefficient (Wildman–Crippen LogP) is 0.766. The summed E-state index contributed by atoms with van der Waals surface area (Å²) >= 11 is 0. The summed E-state index contributed by atoms with van der Waals surface area (Å²) in [6.45, 7) is 4.05. The Kier molecular flexibility index (Phi) is 3.18. The van der Waals surface area contributed by atoms with Gasteiger partial charge in [0.15, 0.2) is 0 Å². The van der Waals surface area contributed by atoms with E-state index in [4.69, 9.17) is 5.11 Å². The van der Waals surface area contributed by atoms with Crippen LogP contribution in [0.3, 0.4) is 0 Å². The normalized spacial score (nSPS) is 12.1. The van der Waals surface area contributed by atoms with Crippen LogP contribution >= 0.6 is 0 Å². The molecular formula is C10H17N3O. The summed E-state index contributed by atoms with van der Waals surface area (Å²) in [6, 6.07) is 1.72. The van der Waals surface area contributed by atoms with Gasteiger partial charge in [-0.05, 0) is 34.0 Å². The Morgan fingerprint density at radius 1 is 1.43 bits per heavy atom. The third-order valence-corrected chi connectivity index (χ3v) is 2.54. The highest BCUT2D eigenvalue weighted by Gasteiger charge is 2.26. The molecule has 0 amide bonds. The molecule has 1 heterocycles. The van der Waals surface area contributed by atoms with E-state index in [2.05, 4.69) is 9.97 Å². The molecule has 1 aromatic rings. The molecule has 1 N–H and O–H groups in total. The van der Waals surface area contributed by atoms with E-state index in [0.717, 1.165) is 5.82 Å². The summed E-state index contributed by atoms with van der Waals surface area (Å²) in [6.07, 6.45) is 1.68. The molecular weight excluding hydrogens is 178 g/mol. The zero-order valence-electron chi connectivity index (χ0n) is 9.15. The van der Waals surface area contributed by atoms with Crippen LogP contribution in [0.1, 0.15) is 25.4 Å². The highest BCUT2D eigenvalue weighted by atomic mass is 16.3. The lowest BCUT2D eigenvalue weighted by atomic mass is 10.0. The summed E-state index contributed by atoms with van der Waals surface area (Å²) in [7, 11) is 3.96. The second kappa shape index (κ2) is 4.02. The van der Waals surface area contributed by atoms with Crippen molar-refractivity contribution in [2.24, 2.45) is 0 Å². The molecule has 0 unspecified atom stereocenters. The van der Waals surface area contributed by atoms with Crippen LogP contribution in [0.15, 0.2) is 12.3 Å². The van der Waals surface area contributed by atoms with Crippen LogP contribution in [0.4, 0.5) is 0 Å². The minimum Gasteiger partial charge on any atom is -0.390 e. The van der Waals surface area contributed by atoms with Crippen molar-refractivity contribution < 1.29 is 5.11 Å². The molecule has 1 aromatic heterocycles. The van der Waals surface area contributed by atoms with Crippen molar-refractivity contribution in [2.45, 2.75) is 26.0 Å². The molecule has 0 radical (unpaired) electrons. The summed E-state index contributed by atoms with van der Waals surface area (Å²) in [5.74, 6) is 0.731. The molecule has 0 saturated carbocycles. The smallest absolute Gasteiger partial charge is 0.148 e. The molecule has 0 aliphatic heterocycles.